The van der Waals surface area contributed by atoms with Gasteiger partial charge in [-0.3, -0.25) is 0 Å². The molecule has 1 aliphatic rings. The molecule has 0 amide bonds. The molecule has 2 heteroatoms. The molecule has 17 heavy (non-hydrogen) atoms. The normalized spacial score (nSPS) is 16.9. The molecule has 1 aliphatic heterocycles. The summed E-state index contributed by atoms with van der Waals surface area (Å²) >= 11 is 0. The molecular formula is C15H19NO. The monoisotopic (exact) mass is 229 g/mol. The van der Waals surface area contributed by atoms with Gasteiger partial charge < -0.3 is 10.5 Å². The predicted octanol–water partition coefficient (Wildman–Crippen LogP) is 2.49. The maximum absolute atomic E-state index is 5.66. The van der Waals surface area contributed by atoms with Gasteiger partial charge in [-0.15, -0.1) is 0 Å². The number of nitrogens with two attached hydrogens (primary N) is 1. The number of rotatable bonds is 3. The Hall–Kier alpha value is -1.46. The minimum Gasteiger partial charge on any atom is -0.490 e. The van der Waals surface area contributed by atoms with E-state index in [1.165, 1.54) is 5.56 Å². The van der Waals surface area contributed by atoms with Crippen LogP contribution in [0.25, 0.3) is 0 Å². The fourth-order valence-electron chi connectivity index (χ4n) is 2.02. The van der Waals surface area contributed by atoms with Crippen LogP contribution in [0, 0.1) is 11.8 Å². The van der Waals surface area contributed by atoms with Crippen molar-refractivity contribution >= 4 is 0 Å². The molecule has 0 saturated heterocycles. The summed E-state index contributed by atoms with van der Waals surface area (Å²) in [5.74, 6) is 7.41. The second kappa shape index (κ2) is 5.75. The van der Waals surface area contributed by atoms with Crippen molar-refractivity contribution < 1.29 is 4.74 Å². The predicted molar refractivity (Wildman–Crippen MR) is 70.0 cm³/mol. The van der Waals surface area contributed by atoms with Crippen LogP contribution in [-0.4, -0.2) is 12.6 Å². The third-order valence-electron chi connectivity index (χ3n) is 2.88. The van der Waals surface area contributed by atoms with E-state index in [4.69, 9.17) is 10.5 Å². The van der Waals surface area contributed by atoms with Crippen molar-refractivity contribution in [3.05, 3.63) is 29.3 Å². The second-order valence-corrected chi connectivity index (χ2v) is 4.50. The molecule has 2 rings (SSSR count). The Morgan fingerprint density at radius 2 is 2.29 bits per heavy atom. The molecule has 1 aromatic carbocycles. The quantitative estimate of drug-likeness (QED) is 0.638. The Morgan fingerprint density at radius 3 is 3.12 bits per heavy atom. The zero-order chi connectivity index (χ0) is 12.1. The lowest BCUT2D eigenvalue weighted by Gasteiger charge is -2.01. The van der Waals surface area contributed by atoms with Crippen LogP contribution in [0.5, 0.6) is 5.75 Å². The second-order valence-electron chi connectivity index (χ2n) is 4.50. The van der Waals surface area contributed by atoms with Crippen molar-refractivity contribution in [2.24, 2.45) is 5.73 Å². The van der Waals surface area contributed by atoms with Gasteiger partial charge in [0.25, 0.3) is 0 Å². The minimum absolute atomic E-state index is 0.303. The summed E-state index contributed by atoms with van der Waals surface area (Å²) in [5, 5.41) is 0. The number of hydrogen-bond donors (Lipinski definition) is 1. The van der Waals surface area contributed by atoms with Crippen LogP contribution in [0.2, 0.25) is 0 Å². The van der Waals surface area contributed by atoms with E-state index in [1.807, 2.05) is 12.1 Å². The Morgan fingerprint density at radius 1 is 1.41 bits per heavy atom. The van der Waals surface area contributed by atoms with E-state index in [-0.39, 0.29) is 0 Å². The minimum atomic E-state index is 0.303. The van der Waals surface area contributed by atoms with Crippen molar-refractivity contribution in [2.75, 3.05) is 6.54 Å². The van der Waals surface area contributed by atoms with E-state index in [2.05, 4.69) is 24.8 Å². The zero-order valence-electron chi connectivity index (χ0n) is 10.3. The first-order chi connectivity index (χ1) is 8.29. The van der Waals surface area contributed by atoms with Crippen molar-refractivity contribution in [3.63, 3.8) is 0 Å². The standard InChI is InChI=1S/C15H19NO/c1-12-10-14-11-13(7-8-15(14)17-12)6-4-2-3-5-9-16/h7-8,11-12H,2-3,5,9-10,16H2,1H3. The van der Waals surface area contributed by atoms with Gasteiger partial charge in [0, 0.05) is 18.4 Å². The maximum atomic E-state index is 5.66. The van der Waals surface area contributed by atoms with Gasteiger partial charge in [0.1, 0.15) is 11.9 Å². The van der Waals surface area contributed by atoms with Gasteiger partial charge in [0.2, 0.25) is 0 Å². The molecule has 0 radical (unpaired) electrons. The van der Waals surface area contributed by atoms with Gasteiger partial charge in [0.05, 0.1) is 0 Å². The number of unbranched alkanes of at least 4 members (excludes halogenated alkanes) is 2. The number of fused-ring (bicyclic) bond motifs is 1. The molecule has 1 atom stereocenters. The molecule has 90 valence electrons. The van der Waals surface area contributed by atoms with Gasteiger partial charge in [-0.25, -0.2) is 0 Å². The maximum Gasteiger partial charge on any atom is 0.123 e. The molecule has 0 bridgehead atoms. The van der Waals surface area contributed by atoms with E-state index in [0.717, 1.165) is 43.5 Å². The third kappa shape index (κ3) is 3.25. The van der Waals surface area contributed by atoms with E-state index < -0.39 is 0 Å². The fraction of sp³-hybridized carbons (Fsp3) is 0.467. The average Bonchev–Trinajstić information content (AvgIpc) is 2.68. The van der Waals surface area contributed by atoms with Crippen molar-refractivity contribution in [2.45, 2.75) is 38.7 Å². The summed E-state index contributed by atoms with van der Waals surface area (Å²) in [6.07, 6.45) is 4.38. The van der Waals surface area contributed by atoms with E-state index in [1.54, 1.807) is 0 Å². The smallest absolute Gasteiger partial charge is 0.123 e. The van der Waals surface area contributed by atoms with Crippen LogP contribution in [0.3, 0.4) is 0 Å². The molecule has 0 fully saturated rings. The summed E-state index contributed by atoms with van der Waals surface area (Å²) in [6.45, 7) is 2.86. The molecule has 1 aromatic rings. The Balaban J connectivity index is 1.96. The van der Waals surface area contributed by atoms with Crippen molar-refractivity contribution in [3.8, 4) is 17.6 Å². The summed E-state index contributed by atoms with van der Waals surface area (Å²) < 4.78 is 5.66. The first-order valence-corrected chi connectivity index (χ1v) is 6.28. The molecule has 0 saturated carbocycles. The summed E-state index contributed by atoms with van der Waals surface area (Å²) in [5.41, 5.74) is 7.81. The molecule has 2 N–H and O–H groups in total. The van der Waals surface area contributed by atoms with Gasteiger partial charge >= 0.3 is 0 Å². The van der Waals surface area contributed by atoms with E-state index in [0.29, 0.717) is 6.10 Å². The molecule has 0 aromatic heterocycles. The van der Waals surface area contributed by atoms with Crippen LogP contribution < -0.4 is 10.5 Å². The lowest BCUT2D eigenvalue weighted by Crippen LogP contribution is -2.05. The molecule has 1 heterocycles. The van der Waals surface area contributed by atoms with Crippen molar-refractivity contribution in [1.82, 2.24) is 0 Å². The Kier molecular flexibility index (Phi) is 4.06. The lowest BCUT2D eigenvalue weighted by atomic mass is 10.1. The van der Waals surface area contributed by atoms with E-state index >= 15 is 0 Å². The summed E-state index contributed by atoms with van der Waals surface area (Å²) in [4.78, 5) is 0. The summed E-state index contributed by atoms with van der Waals surface area (Å²) in [7, 11) is 0. The van der Waals surface area contributed by atoms with Crippen LogP contribution in [0.15, 0.2) is 18.2 Å². The zero-order valence-corrected chi connectivity index (χ0v) is 10.3. The molecule has 0 aliphatic carbocycles. The average molecular weight is 229 g/mol. The fourth-order valence-corrected chi connectivity index (χ4v) is 2.02. The highest BCUT2D eigenvalue weighted by Gasteiger charge is 2.18. The van der Waals surface area contributed by atoms with Gasteiger partial charge in [-0.05, 0) is 50.1 Å². The van der Waals surface area contributed by atoms with Crippen LogP contribution >= 0.6 is 0 Å². The first-order valence-electron chi connectivity index (χ1n) is 6.28. The Labute approximate surface area is 103 Å². The molecule has 1 unspecified atom stereocenters. The van der Waals surface area contributed by atoms with Gasteiger partial charge in [-0.1, -0.05) is 11.8 Å². The molecule has 0 spiro atoms. The van der Waals surface area contributed by atoms with Gasteiger partial charge in [-0.2, -0.15) is 0 Å². The third-order valence-corrected chi connectivity index (χ3v) is 2.88. The Bertz CT molecular complexity index is 442. The number of ether oxygens (including phenoxy) is 1. The highest BCUT2D eigenvalue weighted by Crippen LogP contribution is 2.29. The van der Waals surface area contributed by atoms with Gasteiger partial charge in [0.15, 0.2) is 0 Å². The summed E-state index contributed by atoms with van der Waals surface area (Å²) in [6, 6.07) is 6.21. The molecule has 2 nitrogen and oxygen atoms in total. The largest absolute Gasteiger partial charge is 0.490 e. The van der Waals surface area contributed by atoms with Crippen LogP contribution in [0.4, 0.5) is 0 Å². The number of hydrogen-bond acceptors (Lipinski definition) is 2. The first kappa shape index (κ1) is 12.0. The SMILES string of the molecule is CC1Cc2cc(C#CCCCCN)ccc2O1. The molecular weight excluding hydrogens is 210 g/mol. The van der Waals surface area contributed by atoms with E-state index in [9.17, 15) is 0 Å². The van der Waals surface area contributed by atoms with Crippen LogP contribution in [0.1, 0.15) is 37.3 Å². The topological polar surface area (TPSA) is 35.2 Å². The highest BCUT2D eigenvalue weighted by atomic mass is 16.5. The lowest BCUT2D eigenvalue weighted by molar-refractivity contribution is 0.254. The number of benzene rings is 1. The van der Waals surface area contributed by atoms with Crippen molar-refractivity contribution in [1.29, 1.82) is 0 Å². The van der Waals surface area contributed by atoms with Crippen LogP contribution in [-0.2, 0) is 6.42 Å². The highest BCUT2D eigenvalue weighted by molar-refractivity contribution is 5.46.